The molecule has 7 nitrogen and oxygen atoms in total. The van der Waals surface area contributed by atoms with Gasteiger partial charge in [-0.15, -0.1) is 5.10 Å². The Morgan fingerprint density at radius 2 is 1.96 bits per heavy atom. The van der Waals surface area contributed by atoms with Crippen molar-refractivity contribution >= 4 is 23.3 Å². The summed E-state index contributed by atoms with van der Waals surface area (Å²) in [5.41, 5.74) is 2.44. The molecule has 0 atom stereocenters. The van der Waals surface area contributed by atoms with Crippen LogP contribution in [0.3, 0.4) is 0 Å². The summed E-state index contributed by atoms with van der Waals surface area (Å²) in [5, 5.41) is 4.93. The molecule has 2 aromatic heterocycles. The quantitative estimate of drug-likeness (QED) is 0.525. The van der Waals surface area contributed by atoms with Gasteiger partial charge < -0.3 is 9.47 Å². The van der Waals surface area contributed by atoms with Crippen LogP contribution in [-0.4, -0.2) is 44.3 Å². The van der Waals surface area contributed by atoms with Gasteiger partial charge in [-0.3, -0.25) is 4.79 Å². The maximum atomic E-state index is 12.4. The van der Waals surface area contributed by atoms with Gasteiger partial charge in [0.05, 0.1) is 5.75 Å². The molecule has 0 radical (unpaired) electrons. The van der Waals surface area contributed by atoms with Crippen LogP contribution in [0.25, 0.3) is 5.78 Å². The van der Waals surface area contributed by atoms with Crippen LogP contribution in [0.5, 0.6) is 11.5 Å². The van der Waals surface area contributed by atoms with Crippen molar-refractivity contribution in [2.45, 2.75) is 19.0 Å². The van der Waals surface area contributed by atoms with E-state index in [1.165, 1.54) is 11.8 Å². The predicted molar refractivity (Wildman–Crippen MR) is 92.7 cm³/mol. The van der Waals surface area contributed by atoms with Crippen LogP contribution in [0.1, 0.15) is 21.7 Å². The third-order valence-corrected chi connectivity index (χ3v) is 4.63. The van der Waals surface area contributed by atoms with Crippen molar-refractivity contribution in [3.8, 4) is 11.5 Å². The SMILES string of the molecule is Cc1cc(C)n2nc(SCC(=O)c3ccc4c(c3)OCCO4)nc2n1. The Kier molecular flexibility index (Phi) is 4.04. The number of Topliss-reactive ketones (excluding diaryl/α,β-unsaturated/α-hetero) is 1. The van der Waals surface area contributed by atoms with Crippen LogP contribution in [0.2, 0.25) is 0 Å². The van der Waals surface area contributed by atoms with Crippen molar-refractivity contribution in [1.82, 2.24) is 19.6 Å². The molecule has 4 rings (SSSR count). The Labute approximate surface area is 148 Å². The van der Waals surface area contributed by atoms with Gasteiger partial charge in [0.2, 0.25) is 5.16 Å². The lowest BCUT2D eigenvalue weighted by molar-refractivity contribution is 0.102. The van der Waals surface area contributed by atoms with Crippen LogP contribution < -0.4 is 9.47 Å². The Morgan fingerprint density at radius 3 is 2.80 bits per heavy atom. The fourth-order valence-corrected chi connectivity index (χ4v) is 3.35. The number of ketones is 1. The molecule has 0 saturated carbocycles. The number of thioether (sulfide) groups is 1. The summed E-state index contributed by atoms with van der Waals surface area (Å²) in [7, 11) is 0. The second-order valence-electron chi connectivity index (χ2n) is 5.72. The van der Waals surface area contributed by atoms with E-state index in [2.05, 4.69) is 15.1 Å². The van der Waals surface area contributed by atoms with Gasteiger partial charge in [-0.05, 0) is 38.1 Å². The molecule has 3 heterocycles. The first-order chi connectivity index (χ1) is 12.1. The number of carbonyl (C=O) groups excluding carboxylic acids is 1. The molecule has 0 N–H and O–H groups in total. The minimum atomic E-state index is -0.0123. The summed E-state index contributed by atoms with van der Waals surface area (Å²) in [6, 6.07) is 7.19. The molecule has 8 heteroatoms. The Balaban J connectivity index is 1.49. The Hall–Kier alpha value is -2.61. The van der Waals surface area contributed by atoms with Crippen molar-refractivity contribution in [3.63, 3.8) is 0 Å². The number of carbonyl (C=O) groups is 1. The van der Waals surface area contributed by atoms with E-state index in [4.69, 9.17) is 9.47 Å². The second kappa shape index (κ2) is 6.36. The summed E-state index contributed by atoms with van der Waals surface area (Å²) in [5.74, 6) is 2.07. The van der Waals surface area contributed by atoms with Gasteiger partial charge in [0.15, 0.2) is 17.3 Å². The van der Waals surface area contributed by atoms with Crippen molar-refractivity contribution in [1.29, 1.82) is 0 Å². The number of nitrogens with zero attached hydrogens (tertiary/aromatic N) is 4. The number of aromatic nitrogens is 4. The zero-order valence-corrected chi connectivity index (χ0v) is 14.7. The predicted octanol–water partition coefficient (Wildman–Crippen LogP) is 2.49. The number of hydrogen-bond donors (Lipinski definition) is 0. The minimum Gasteiger partial charge on any atom is -0.486 e. The molecule has 3 aromatic rings. The molecule has 1 aliphatic heterocycles. The number of ether oxygens (including phenoxy) is 2. The van der Waals surface area contributed by atoms with E-state index in [-0.39, 0.29) is 11.5 Å². The maximum Gasteiger partial charge on any atom is 0.253 e. The molecule has 0 amide bonds. The van der Waals surface area contributed by atoms with Gasteiger partial charge >= 0.3 is 0 Å². The van der Waals surface area contributed by atoms with Gasteiger partial charge in [-0.25, -0.2) is 9.50 Å². The molecule has 128 valence electrons. The van der Waals surface area contributed by atoms with Gasteiger partial charge in [-0.2, -0.15) is 4.98 Å². The van der Waals surface area contributed by atoms with Gasteiger partial charge in [0, 0.05) is 17.0 Å². The smallest absolute Gasteiger partial charge is 0.253 e. The zero-order chi connectivity index (χ0) is 17.4. The number of aryl methyl sites for hydroxylation is 2. The lowest BCUT2D eigenvalue weighted by Crippen LogP contribution is -2.16. The van der Waals surface area contributed by atoms with Crippen molar-refractivity contribution in [2.75, 3.05) is 19.0 Å². The maximum absolute atomic E-state index is 12.4. The van der Waals surface area contributed by atoms with E-state index < -0.39 is 0 Å². The minimum absolute atomic E-state index is 0.0123. The lowest BCUT2D eigenvalue weighted by atomic mass is 10.1. The summed E-state index contributed by atoms with van der Waals surface area (Å²) in [4.78, 5) is 21.2. The number of benzene rings is 1. The van der Waals surface area contributed by atoms with E-state index in [1.807, 2.05) is 19.9 Å². The first-order valence-electron chi connectivity index (χ1n) is 7.87. The average molecular weight is 356 g/mol. The van der Waals surface area contributed by atoms with Crippen molar-refractivity contribution in [2.24, 2.45) is 0 Å². The molecule has 25 heavy (non-hydrogen) atoms. The number of hydrogen-bond acceptors (Lipinski definition) is 7. The first kappa shape index (κ1) is 15.9. The third kappa shape index (κ3) is 3.17. The number of rotatable bonds is 4. The normalized spacial score (nSPS) is 13.2. The molecule has 0 aliphatic carbocycles. The van der Waals surface area contributed by atoms with Crippen LogP contribution in [-0.2, 0) is 0 Å². The largest absolute Gasteiger partial charge is 0.486 e. The van der Waals surface area contributed by atoms with Crippen molar-refractivity contribution in [3.05, 3.63) is 41.2 Å². The zero-order valence-electron chi connectivity index (χ0n) is 13.9. The van der Waals surface area contributed by atoms with Crippen LogP contribution >= 0.6 is 11.8 Å². The van der Waals surface area contributed by atoms with Crippen LogP contribution in [0, 0.1) is 13.8 Å². The average Bonchev–Trinajstić information content (AvgIpc) is 3.02. The molecular formula is C17H16N4O3S. The number of fused-ring (bicyclic) bond motifs is 2. The van der Waals surface area contributed by atoms with Gasteiger partial charge in [-0.1, -0.05) is 11.8 Å². The molecular weight excluding hydrogens is 340 g/mol. The van der Waals surface area contributed by atoms with E-state index >= 15 is 0 Å². The lowest BCUT2D eigenvalue weighted by Gasteiger charge is -2.18. The molecule has 0 bridgehead atoms. The fraction of sp³-hybridized carbons (Fsp3) is 0.294. The topological polar surface area (TPSA) is 78.6 Å². The van der Waals surface area contributed by atoms with E-state index in [0.29, 0.717) is 41.2 Å². The van der Waals surface area contributed by atoms with Gasteiger partial charge in [0.25, 0.3) is 5.78 Å². The third-order valence-electron chi connectivity index (χ3n) is 3.80. The highest BCUT2D eigenvalue weighted by molar-refractivity contribution is 7.99. The molecule has 1 aliphatic rings. The van der Waals surface area contributed by atoms with E-state index in [0.717, 1.165) is 11.4 Å². The highest BCUT2D eigenvalue weighted by atomic mass is 32.2. The monoisotopic (exact) mass is 356 g/mol. The van der Waals surface area contributed by atoms with E-state index in [1.54, 1.807) is 22.7 Å². The second-order valence-corrected chi connectivity index (χ2v) is 6.66. The molecule has 0 fully saturated rings. The highest BCUT2D eigenvalue weighted by Crippen LogP contribution is 2.31. The Morgan fingerprint density at radius 1 is 1.16 bits per heavy atom. The Bertz CT molecular complexity index is 970. The van der Waals surface area contributed by atoms with Crippen LogP contribution in [0.4, 0.5) is 0 Å². The van der Waals surface area contributed by atoms with Gasteiger partial charge in [0.1, 0.15) is 13.2 Å². The fourth-order valence-electron chi connectivity index (χ4n) is 2.64. The summed E-state index contributed by atoms with van der Waals surface area (Å²) in [6.45, 7) is 4.89. The molecule has 0 saturated heterocycles. The summed E-state index contributed by atoms with van der Waals surface area (Å²) in [6.07, 6.45) is 0. The molecule has 1 aromatic carbocycles. The summed E-state index contributed by atoms with van der Waals surface area (Å²) >= 11 is 1.30. The highest BCUT2D eigenvalue weighted by Gasteiger charge is 2.16. The first-order valence-corrected chi connectivity index (χ1v) is 8.85. The van der Waals surface area contributed by atoms with Crippen LogP contribution in [0.15, 0.2) is 29.4 Å². The summed E-state index contributed by atoms with van der Waals surface area (Å²) < 4.78 is 12.7. The standard InChI is InChI=1S/C17H16N4O3S/c1-10-7-11(2)21-16(18-10)19-17(20-21)25-9-13(22)12-3-4-14-15(8-12)24-6-5-23-14/h3-4,7-8H,5-6,9H2,1-2H3. The molecule has 0 spiro atoms. The van der Waals surface area contributed by atoms with Crippen molar-refractivity contribution < 1.29 is 14.3 Å². The molecule has 0 unspecified atom stereocenters. The van der Waals surface area contributed by atoms with E-state index in [9.17, 15) is 4.79 Å².